The SMILES string of the molecule is COc1ccc(C(=NN)C(C)=O)cc1. The molecule has 0 fully saturated rings. The number of hydrazone groups is 1. The summed E-state index contributed by atoms with van der Waals surface area (Å²) >= 11 is 0. The number of hydrogen-bond acceptors (Lipinski definition) is 4. The number of ether oxygens (including phenoxy) is 1. The molecule has 0 aromatic heterocycles. The van der Waals surface area contributed by atoms with Gasteiger partial charge in [0.2, 0.25) is 0 Å². The van der Waals surface area contributed by atoms with Gasteiger partial charge in [0.05, 0.1) is 7.11 Å². The fraction of sp³-hybridized carbons (Fsp3) is 0.200. The summed E-state index contributed by atoms with van der Waals surface area (Å²) in [5.74, 6) is 5.69. The molecule has 0 bridgehead atoms. The molecule has 4 nitrogen and oxygen atoms in total. The van der Waals surface area contributed by atoms with Gasteiger partial charge in [0.1, 0.15) is 11.5 Å². The Hall–Kier alpha value is -1.84. The summed E-state index contributed by atoms with van der Waals surface area (Å²) in [6, 6.07) is 6.99. The summed E-state index contributed by atoms with van der Waals surface area (Å²) in [4.78, 5) is 11.1. The predicted molar refractivity (Wildman–Crippen MR) is 54.4 cm³/mol. The maximum absolute atomic E-state index is 11.1. The number of carbonyl (C=O) groups excluding carboxylic acids is 1. The Kier molecular flexibility index (Phi) is 3.23. The largest absolute Gasteiger partial charge is 0.497 e. The minimum atomic E-state index is -0.155. The molecule has 0 heterocycles. The van der Waals surface area contributed by atoms with Crippen LogP contribution in [0.5, 0.6) is 5.75 Å². The fourth-order valence-corrected chi connectivity index (χ4v) is 1.12. The smallest absolute Gasteiger partial charge is 0.180 e. The average molecular weight is 192 g/mol. The number of rotatable bonds is 3. The molecule has 0 atom stereocenters. The maximum atomic E-state index is 11.1. The minimum Gasteiger partial charge on any atom is -0.497 e. The summed E-state index contributed by atoms with van der Waals surface area (Å²) in [5, 5.41) is 3.44. The first-order valence-corrected chi connectivity index (χ1v) is 4.12. The highest BCUT2D eigenvalue weighted by molar-refractivity contribution is 6.45. The van der Waals surface area contributed by atoms with Crippen molar-refractivity contribution in [2.45, 2.75) is 6.92 Å². The molecule has 0 unspecified atom stereocenters. The highest BCUT2D eigenvalue weighted by Crippen LogP contribution is 2.12. The quantitative estimate of drug-likeness (QED) is 0.440. The molecule has 1 rings (SSSR count). The molecule has 1 aromatic rings. The van der Waals surface area contributed by atoms with E-state index < -0.39 is 0 Å². The molecule has 0 aliphatic heterocycles. The van der Waals surface area contributed by atoms with E-state index in [0.717, 1.165) is 5.75 Å². The number of nitrogens with two attached hydrogens (primary N) is 1. The maximum Gasteiger partial charge on any atom is 0.180 e. The summed E-state index contributed by atoms with van der Waals surface area (Å²) in [6.07, 6.45) is 0. The van der Waals surface area contributed by atoms with Gasteiger partial charge in [-0.2, -0.15) is 5.10 Å². The van der Waals surface area contributed by atoms with Crippen LogP contribution in [0.15, 0.2) is 29.4 Å². The van der Waals surface area contributed by atoms with Crippen molar-refractivity contribution >= 4 is 11.5 Å². The average Bonchev–Trinajstić information content (AvgIpc) is 2.19. The van der Waals surface area contributed by atoms with Crippen molar-refractivity contribution in [3.05, 3.63) is 29.8 Å². The standard InChI is InChI=1S/C10H12N2O2/c1-7(13)10(12-11)8-3-5-9(14-2)6-4-8/h3-6H,11H2,1-2H3. The van der Waals surface area contributed by atoms with Crippen LogP contribution < -0.4 is 10.6 Å². The topological polar surface area (TPSA) is 64.7 Å². The van der Waals surface area contributed by atoms with E-state index >= 15 is 0 Å². The molecule has 1 aromatic carbocycles. The minimum absolute atomic E-state index is 0.155. The first-order valence-electron chi connectivity index (χ1n) is 4.12. The first-order chi connectivity index (χ1) is 6.69. The number of carbonyl (C=O) groups is 1. The predicted octanol–water partition coefficient (Wildman–Crippen LogP) is 0.947. The van der Waals surface area contributed by atoms with E-state index in [0.29, 0.717) is 5.56 Å². The van der Waals surface area contributed by atoms with Gasteiger partial charge < -0.3 is 10.6 Å². The van der Waals surface area contributed by atoms with Gasteiger partial charge in [-0.05, 0) is 24.3 Å². The third-order valence-corrected chi connectivity index (χ3v) is 1.83. The van der Waals surface area contributed by atoms with Crippen LogP contribution in [0.1, 0.15) is 12.5 Å². The van der Waals surface area contributed by atoms with Gasteiger partial charge in [0.25, 0.3) is 0 Å². The molecule has 0 radical (unpaired) electrons. The summed E-state index contributed by atoms with van der Waals surface area (Å²) < 4.78 is 4.99. The molecular weight excluding hydrogens is 180 g/mol. The summed E-state index contributed by atoms with van der Waals surface area (Å²) in [5.41, 5.74) is 0.966. The van der Waals surface area contributed by atoms with Crippen molar-refractivity contribution in [3.63, 3.8) is 0 Å². The molecule has 0 aliphatic carbocycles. The van der Waals surface area contributed by atoms with Crippen molar-refractivity contribution in [2.75, 3.05) is 7.11 Å². The van der Waals surface area contributed by atoms with Crippen molar-refractivity contribution in [1.29, 1.82) is 0 Å². The van der Waals surface area contributed by atoms with Crippen LogP contribution in [0.2, 0.25) is 0 Å². The Labute approximate surface area is 82.4 Å². The number of methoxy groups -OCH3 is 1. The van der Waals surface area contributed by atoms with E-state index in [-0.39, 0.29) is 11.5 Å². The Morgan fingerprint density at radius 2 is 1.93 bits per heavy atom. The lowest BCUT2D eigenvalue weighted by molar-refractivity contribution is -0.111. The van der Waals surface area contributed by atoms with Gasteiger partial charge in [-0.25, -0.2) is 0 Å². The Morgan fingerprint density at radius 3 is 2.29 bits per heavy atom. The van der Waals surface area contributed by atoms with E-state index in [2.05, 4.69) is 5.10 Å². The van der Waals surface area contributed by atoms with Crippen LogP contribution in [-0.2, 0) is 4.79 Å². The van der Waals surface area contributed by atoms with Gasteiger partial charge in [0.15, 0.2) is 5.78 Å². The monoisotopic (exact) mass is 192 g/mol. The number of hydrogen-bond donors (Lipinski definition) is 1. The van der Waals surface area contributed by atoms with E-state index in [1.54, 1.807) is 31.4 Å². The molecule has 0 amide bonds. The van der Waals surface area contributed by atoms with Crippen molar-refractivity contribution < 1.29 is 9.53 Å². The highest BCUT2D eigenvalue weighted by atomic mass is 16.5. The number of ketones is 1. The first kappa shape index (κ1) is 10.2. The fourth-order valence-electron chi connectivity index (χ4n) is 1.12. The Bertz CT molecular complexity index is 355. The summed E-state index contributed by atoms with van der Waals surface area (Å²) in [7, 11) is 1.58. The molecule has 0 saturated carbocycles. The molecule has 0 saturated heterocycles. The van der Waals surface area contributed by atoms with Crippen LogP contribution in [0.4, 0.5) is 0 Å². The third kappa shape index (κ3) is 2.10. The van der Waals surface area contributed by atoms with Crippen LogP contribution >= 0.6 is 0 Å². The normalized spacial score (nSPS) is 11.1. The van der Waals surface area contributed by atoms with Gasteiger partial charge >= 0.3 is 0 Å². The lowest BCUT2D eigenvalue weighted by Gasteiger charge is -2.02. The van der Waals surface area contributed by atoms with Crippen LogP contribution in [0.25, 0.3) is 0 Å². The lowest BCUT2D eigenvalue weighted by atomic mass is 10.1. The van der Waals surface area contributed by atoms with Crippen molar-refractivity contribution in [2.24, 2.45) is 10.9 Å². The number of nitrogens with zero attached hydrogens (tertiary/aromatic N) is 1. The zero-order valence-electron chi connectivity index (χ0n) is 8.15. The second-order valence-corrected chi connectivity index (χ2v) is 2.76. The Balaban J connectivity index is 3.02. The molecular formula is C10H12N2O2. The molecule has 0 spiro atoms. The second-order valence-electron chi connectivity index (χ2n) is 2.76. The third-order valence-electron chi connectivity index (χ3n) is 1.83. The van der Waals surface area contributed by atoms with E-state index in [4.69, 9.17) is 10.6 Å². The highest BCUT2D eigenvalue weighted by Gasteiger charge is 2.08. The molecule has 14 heavy (non-hydrogen) atoms. The summed E-state index contributed by atoms with van der Waals surface area (Å²) in [6.45, 7) is 1.43. The Morgan fingerprint density at radius 1 is 1.36 bits per heavy atom. The number of Topliss-reactive ketones (excluding diaryl/α,β-unsaturated/α-hetero) is 1. The van der Waals surface area contributed by atoms with E-state index in [1.165, 1.54) is 6.92 Å². The number of benzene rings is 1. The van der Waals surface area contributed by atoms with Gasteiger partial charge in [-0.1, -0.05) is 0 Å². The molecule has 74 valence electrons. The van der Waals surface area contributed by atoms with E-state index in [1.807, 2.05) is 0 Å². The van der Waals surface area contributed by atoms with Gasteiger partial charge in [-0.15, -0.1) is 0 Å². The molecule has 4 heteroatoms. The zero-order chi connectivity index (χ0) is 10.6. The van der Waals surface area contributed by atoms with Crippen molar-refractivity contribution in [3.8, 4) is 5.75 Å². The van der Waals surface area contributed by atoms with Crippen LogP contribution in [0.3, 0.4) is 0 Å². The van der Waals surface area contributed by atoms with Crippen molar-refractivity contribution in [1.82, 2.24) is 0 Å². The van der Waals surface area contributed by atoms with Crippen LogP contribution in [-0.4, -0.2) is 18.6 Å². The molecule has 0 aliphatic rings. The molecule has 2 N–H and O–H groups in total. The van der Waals surface area contributed by atoms with Gasteiger partial charge in [0, 0.05) is 12.5 Å². The van der Waals surface area contributed by atoms with Crippen LogP contribution in [0, 0.1) is 0 Å². The van der Waals surface area contributed by atoms with E-state index in [9.17, 15) is 4.79 Å². The second kappa shape index (κ2) is 4.41. The van der Waals surface area contributed by atoms with Gasteiger partial charge in [-0.3, -0.25) is 4.79 Å². The lowest BCUT2D eigenvalue weighted by Crippen LogP contribution is -2.13. The zero-order valence-corrected chi connectivity index (χ0v) is 8.15.